The van der Waals surface area contributed by atoms with Gasteiger partial charge in [-0.1, -0.05) is 0 Å². The minimum Gasteiger partial charge on any atom is -0.409 e. The van der Waals surface area contributed by atoms with Crippen LogP contribution < -0.4 is 0 Å². The van der Waals surface area contributed by atoms with E-state index in [1.165, 1.54) is 0 Å². The Bertz CT molecular complexity index is 274. The fraction of sp³-hybridized carbons (Fsp3) is 0.900. The Kier molecular flexibility index (Phi) is 2.33. The van der Waals surface area contributed by atoms with Gasteiger partial charge in [-0.3, -0.25) is 4.79 Å². The summed E-state index contributed by atoms with van der Waals surface area (Å²) in [5, 5.41) is 0.0527. The van der Waals surface area contributed by atoms with Gasteiger partial charge in [0.15, 0.2) is 8.32 Å². The zero-order chi connectivity index (χ0) is 10.6. The van der Waals surface area contributed by atoms with Gasteiger partial charge in [-0.05, 0) is 32.5 Å². The van der Waals surface area contributed by atoms with Gasteiger partial charge >= 0.3 is 0 Å². The molecule has 0 spiro atoms. The Morgan fingerprint density at radius 2 is 2.07 bits per heavy atom. The third kappa shape index (κ3) is 1.46. The van der Waals surface area contributed by atoms with Crippen LogP contribution in [0.4, 0.5) is 0 Å². The van der Waals surface area contributed by atoms with Crippen LogP contribution in [0.3, 0.4) is 0 Å². The van der Waals surface area contributed by atoms with E-state index >= 15 is 0 Å². The van der Waals surface area contributed by atoms with Crippen LogP contribution in [0.2, 0.25) is 19.6 Å². The van der Waals surface area contributed by atoms with Gasteiger partial charge < -0.3 is 4.43 Å². The van der Waals surface area contributed by atoms with Crippen molar-refractivity contribution >= 4 is 25.7 Å². The van der Waals surface area contributed by atoms with Crippen molar-refractivity contribution in [3.8, 4) is 0 Å². The van der Waals surface area contributed by atoms with Gasteiger partial charge in [-0.25, -0.2) is 0 Å². The number of Topliss-reactive ketones (excluding diaryl/α,β-unsaturated/α-hetero) is 1. The molecule has 0 saturated heterocycles. The number of fused-ring (bicyclic) bond motifs is 1. The number of carbonyl (C=O) groups is 1. The van der Waals surface area contributed by atoms with Gasteiger partial charge in [-0.15, -0.1) is 11.6 Å². The number of hydrogen-bond acceptors (Lipinski definition) is 2. The summed E-state index contributed by atoms with van der Waals surface area (Å²) in [6, 6.07) is 0. The highest BCUT2D eigenvalue weighted by Gasteiger charge is 2.63. The summed E-state index contributed by atoms with van der Waals surface area (Å²) in [6.45, 7) is 6.47. The lowest BCUT2D eigenvalue weighted by atomic mass is 9.70. The minimum absolute atomic E-state index is 0.0527. The molecule has 14 heavy (non-hydrogen) atoms. The van der Waals surface area contributed by atoms with Crippen LogP contribution in [0, 0.1) is 5.92 Å². The van der Waals surface area contributed by atoms with Crippen molar-refractivity contribution < 1.29 is 9.22 Å². The SMILES string of the molecule is C[Si](C)(C)OC12CC(=O)C1CCC2Cl. The van der Waals surface area contributed by atoms with Crippen LogP contribution in [0.5, 0.6) is 0 Å². The molecule has 0 radical (unpaired) electrons. The number of ketones is 1. The molecule has 0 aliphatic heterocycles. The molecule has 2 aliphatic carbocycles. The second-order valence-corrected chi connectivity index (χ2v) is 10.4. The van der Waals surface area contributed by atoms with Gasteiger partial charge in [0.1, 0.15) is 5.78 Å². The van der Waals surface area contributed by atoms with E-state index in [0.29, 0.717) is 12.2 Å². The molecule has 4 heteroatoms. The lowest BCUT2D eigenvalue weighted by Gasteiger charge is -2.48. The molecule has 0 amide bonds. The van der Waals surface area contributed by atoms with Crippen molar-refractivity contribution in [1.82, 2.24) is 0 Å². The predicted molar refractivity (Wildman–Crippen MR) is 59.2 cm³/mol. The molecular formula is C10H17ClO2Si. The van der Waals surface area contributed by atoms with E-state index in [1.54, 1.807) is 0 Å². The first-order chi connectivity index (χ1) is 6.35. The molecule has 2 saturated carbocycles. The molecule has 2 fully saturated rings. The predicted octanol–water partition coefficient (Wildman–Crippen LogP) is 2.57. The average molecular weight is 233 g/mol. The van der Waals surface area contributed by atoms with E-state index in [4.69, 9.17) is 16.0 Å². The molecule has 0 aromatic heterocycles. The van der Waals surface area contributed by atoms with Crippen molar-refractivity contribution in [2.24, 2.45) is 5.92 Å². The lowest BCUT2D eigenvalue weighted by Crippen LogP contribution is -2.61. The molecule has 0 heterocycles. The van der Waals surface area contributed by atoms with Gasteiger partial charge in [0.25, 0.3) is 0 Å². The summed E-state index contributed by atoms with van der Waals surface area (Å²) in [7, 11) is -1.59. The van der Waals surface area contributed by atoms with Gasteiger partial charge in [0, 0.05) is 12.3 Å². The van der Waals surface area contributed by atoms with Gasteiger partial charge in [-0.2, -0.15) is 0 Å². The van der Waals surface area contributed by atoms with Crippen molar-refractivity contribution in [2.45, 2.75) is 49.9 Å². The zero-order valence-corrected chi connectivity index (χ0v) is 10.7. The summed E-state index contributed by atoms with van der Waals surface area (Å²) in [5.41, 5.74) is -0.275. The number of alkyl halides is 1. The highest BCUT2D eigenvalue weighted by Crippen LogP contribution is 2.53. The summed E-state index contributed by atoms with van der Waals surface area (Å²) in [4.78, 5) is 11.4. The monoisotopic (exact) mass is 232 g/mol. The molecule has 3 atom stereocenters. The first-order valence-corrected chi connectivity index (χ1v) is 9.06. The topological polar surface area (TPSA) is 26.3 Å². The standard InChI is InChI=1S/C10H17ClO2Si/c1-14(2,3)13-10-6-8(12)7(10)4-5-9(10)11/h7,9H,4-6H2,1-3H3. The van der Waals surface area contributed by atoms with Crippen LogP contribution in [0.1, 0.15) is 19.3 Å². The van der Waals surface area contributed by atoms with Crippen LogP contribution in [0.15, 0.2) is 0 Å². The zero-order valence-electron chi connectivity index (χ0n) is 8.97. The van der Waals surface area contributed by atoms with Crippen LogP contribution in [0.25, 0.3) is 0 Å². The molecule has 80 valence electrons. The minimum atomic E-state index is -1.59. The lowest BCUT2D eigenvalue weighted by molar-refractivity contribution is -0.148. The second kappa shape index (κ2) is 3.06. The maximum absolute atomic E-state index is 11.4. The van der Waals surface area contributed by atoms with E-state index in [1.807, 2.05) is 0 Å². The van der Waals surface area contributed by atoms with Crippen molar-refractivity contribution in [1.29, 1.82) is 0 Å². The molecule has 0 aromatic carbocycles. The number of rotatable bonds is 2. The quantitative estimate of drug-likeness (QED) is 0.541. The largest absolute Gasteiger partial charge is 0.409 e. The molecule has 3 unspecified atom stereocenters. The fourth-order valence-electron chi connectivity index (χ4n) is 2.69. The fourth-order valence-corrected chi connectivity index (χ4v) is 4.66. The average Bonchev–Trinajstić information content (AvgIpc) is 2.21. The van der Waals surface area contributed by atoms with E-state index in [2.05, 4.69) is 19.6 Å². The van der Waals surface area contributed by atoms with E-state index in [0.717, 1.165) is 12.8 Å². The van der Waals surface area contributed by atoms with Crippen LogP contribution >= 0.6 is 11.6 Å². The number of carbonyl (C=O) groups excluding carboxylic acids is 1. The highest BCUT2D eigenvalue weighted by molar-refractivity contribution is 6.70. The summed E-state index contributed by atoms with van der Waals surface area (Å²) in [6.07, 6.45) is 2.41. The van der Waals surface area contributed by atoms with E-state index < -0.39 is 8.32 Å². The molecule has 0 bridgehead atoms. The third-order valence-corrected chi connectivity index (χ3v) is 4.74. The highest BCUT2D eigenvalue weighted by atomic mass is 35.5. The Morgan fingerprint density at radius 1 is 1.43 bits per heavy atom. The molecular weight excluding hydrogens is 216 g/mol. The third-order valence-electron chi connectivity index (χ3n) is 3.16. The number of hydrogen-bond donors (Lipinski definition) is 0. The molecule has 2 rings (SSSR count). The van der Waals surface area contributed by atoms with Crippen molar-refractivity contribution in [2.75, 3.05) is 0 Å². The first kappa shape index (κ1) is 10.6. The van der Waals surface area contributed by atoms with Crippen molar-refractivity contribution in [3.05, 3.63) is 0 Å². The second-order valence-electron chi connectivity index (χ2n) is 5.41. The van der Waals surface area contributed by atoms with E-state index in [9.17, 15) is 4.79 Å². The Labute approximate surface area is 91.1 Å². The van der Waals surface area contributed by atoms with E-state index in [-0.39, 0.29) is 16.9 Å². The summed E-state index contributed by atoms with van der Waals surface area (Å²) >= 11 is 6.28. The van der Waals surface area contributed by atoms with Crippen LogP contribution in [-0.2, 0) is 9.22 Å². The number of halogens is 1. The van der Waals surface area contributed by atoms with Crippen molar-refractivity contribution in [3.63, 3.8) is 0 Å². The smallest absolute Gasteiger partial charge is 0.184 e. The molecule has 2 nitrogen and oxygen atoms in total. The maximum atomic E-state index is 11.4. The Morgan fingerprint density at radius 3 is 2.57 bits per heavy atom. The summed E-state index contributed by atoms with van der Waals surface area (Å²) < 4.78 is 6.15. The van der Waals surface area contributed by atoms with Gasteiger partial charge in [0.05, 0.1) is 11.0 Å². The molecule has 0 N–H and O–H groups in total. The Hall–Kier alpha value is 0.137. The maximum Gasteiger partial charge on any atom is 0.184 e. The van der Waals surface area contributed by atoms with Crippen LogP contribution in [-0.4, -0.2) is 25.1 Å². The molecule has 2 aliphatic rings. The Balaban J connectivity index is 2.18. The van der Waals surface area contributed by atoms with Gasteiger partial charge in [0.2, 0.25) is 0 Å². The summed E-state index contributed by atoms with van der Waals surface area (Å²) in [5.74, 6) is 0.461. The molecule has 0 aromatic rings. The normalized spacial score (nSPS) is 42.1. The first-order valence-electron chi connectivity index (χ1n) is 5.22.